The first kappa shape index (κ1) is 22.8. The molecule has 1 aromatic rings. The molecule has 0 bridgehead atoms. The number of benzene rings is 1. The summed E-state index contributed by atoms with van der Waals surface area (Å²) in [6.45, 7) is 0.463. The fraction of sp³-hybridized carbons (Fsp3) is 0.550. The van der Waals surface area contributed by atoms with Gasteiger partial charge in [0.05, 0.1) is 29.0 Å². The van der Waals surface area contributed by atoms with E-state index in [9.17, 15) is 25.2 Å². The van der Waals surface area contributed by atoms with Crippen molar-refractivity contribution in [2.24, 2.45) is 0 Å². The van der Waals surface area contributed by atoms with E-state index in [-0.39, 0.29) is 29.7 Å². The molecule has 11 heteroatoms. The monoisotopic (exact) mass is 446 g/mol. The van der Waals surface area contributed by atoms with E-state index in [4.69, 9.17) is 0 Å². The van der Waals surface area contributed by atoms with Gasteiger partial charge >= 0.3 is 6.03 Å². The van der Waals surface area contributed by atoms with Crippen LogP contribution in [0.1, 0.15) is 44.1 Å². The van der Waals surface area contributed by atoms with Gasteiger partial charge in [-0.2, -0.15) is 16.6 Å². The van der Waals surface area contributed by atoms with Crippen LogP contribution < -0.4 is 16.0 Å². The van der Waals surface area contributed by atoms with Crippen LogP contribution in [0.3, 0.4) is 0 Å². The lowest BCUT2D eigenvalue weighted by atomic mass is 10.0. The molecule has 2 fully saturated rings. The van der Waals surface area contributed by atoms with Crippen LogP contribution in [0.15, 0.2) is 24.3 Å². The predicted octanol–water partition coefficient (Wildman–Crippen LogP) is 2.24. The maximum absolute atomic E-state index is 12.0. The first-order valence-electron chi connectivity index (χ1n) is 10.4. The SMILES string of the molecule is [N-]=[N+]=C(CCCNC(=O)CCCC[C@@H]1SC[C@@H]2NC(=O)N[C@@H]21)c1ccc([N+](=O)[O-])cc1. The fourth-order valence-electron chi connectivity index (χ4n) is 3.87. The summed E-state index contributed by atoms with van der Waals surface area (Å²) < 4.78 is 0. The van der Waals surface area contributed by atoms with E-state index in [1.807, 2.05) is 11.8 Å². The van der Waals surface area contributed by atoms with Crippen molar-refractivity contribution in [1.82, 2.24) is 16.0 Å². The summed E-state index contributed by atoms with van der Waals surface area (Å²) >= 11 is 1.87. The molecule has 0 saturated carbocycles. The molecule has 31 heavy (non-hydrogen) atoms. The number of urea groups is 1. The van der Waals surface area contributed by atoms with Crippen molar-refractivity contribution in [2.75, 3.05) is 12.3 Å². The molecule has 3 rings (SSSR count). The number of unbranched alkanes of at least 4 members (excludes halogenated alkanes) is 1. The van der Waals surface area contributed by atoms with Crippen LogP contribution in [-0.4, -0.2) is 57.0 Å². The summed E-state index contributed by atoms with van der Waals surface area (Å²) in [5.74, 6) is 0.929. The Labute approximate surface area is 184 Å². The molecule has 3 N–H and O–H groups in total. The number of fused-ring (bicyclic) bond motifs is 1. The van der Waals surface area contributed by atoms with Crippen LogP contribution in [0.5, 0.6) is 0 Å². The van der Waals surface area contributed by atoms with Gasteiger partial charge in [0.15, 0.2) is 0 Å². The molecular weight excluding hydrogens is 420 g/mol. The van der Waals surface area contributed by atoms with E-state index in [1.165, 1.54) is 12.1 Å². The number of hydrogen-bond donors (Lipinski definition) is 3. The van der Waals surface area contributed by atoms with Gasteiger partial charge < -0.3 is 21.5 Å². The molecule has 2 aliphatic heterocycles. The Morgan fingerprint density at radius 1 is 1.23 bits per heavy atom. The van der Waals surface area contributed by atoms with E-state index in [0.717, 1.165) is 25.0 Å². The second kappa shape index (κ2) is 10.9. The number of nitrogens with zero attached hydrogens (tertiary/aromatic N) is 3. The quantitative estimate of drug-likeness (QED) is 0.0906. The average Bonchev–Trinajstić information content (AvgIpc) is 3.30. The third-order valence-electron chi connectivity index (χ3n) is 5.53. The molecule has 0 radical (unpaired) electrons. The number of nitro groups is 1. The lowest BCUT2D eigenvalue weighted by molar-refractivity contribution is -0.384. The lowest BCUT2D eigenvalue weighted by Crippen LogP contribution is -2.36. The second-order valence-electron chi connectivity index (χ2n) is 7.67. The molecule has 3 amide bonds. The molecule has 2 saturated heterocycles. The zero-order valence-electron chi connectivity index (χ0n) is 17.1. The highest BCUT2D eigenvalue weighted by Gasteiger charge is 2.42. The second-order valence-corrected chi connectivity index (χ2v) is 8.94. The van der Waals surface area contributed by atoms with Crippen molar-refractivity contribution >= 4 is 35.1 Å². The number of non-ortho nitro benzene ring substituents is 1. The van der Waals surface area contributed by atoms with E-state index in [2.05, 4.69) is 20.7 Å². The van der Waals surface area contributed by atoms with Gasteiger partial charge in [0.25, 0.3) is 11.4 Å². The summed E-state index contributed by atoms with van der Waals surface area (Å²) in [6.07, 6.45) is 4.21. The number of nitrogens with one attached hydrogen (secondary N) is 3. The fourth-order valence-corrected chi connectivity index (χ4v) is 5.42. The van der Waals surface area contributed by atoms with Gasteiger partial charge in [-0.3, -0.25) is 14.9 Å². The van der Waals surface area contributed by atoms with E-state index in [0.29, 0.717) is 42.3 Å². The number of rotatable bonds is 11. The minimum atomic E-state index is -0.484. The van der Waals surface area contributed by atoms with Gasteiger partial charge in [-0.25, -0.2) is 4.79 Å². The van der Waals surface area contributed by atoms with E-state index in [1.54, 1.807) is 12.1 Å². The van der Waals surface area contributed by atoms with Gasteiger partial charge in [-0.1, -0.05) is 6.42 Å². The topological polar surface area (TPSA) is 150 Å². The van der Waals surface area contributed by atoms with Crippen molar-refractivity contribution in [3.05, 3.63) is 45.5 Å². The molecule has 10 nitrogen and oxygen atoms in total. The Bertz CT molecular complexity index is 871. The van der Waals surface area contributed by atoms with Crippen LogP contribution in [0.25, 0.3) is 5.53 Å². The molecule has 0 aromatic heterocycles. The van der Waals surface area contributed by atoms with Crippen molar-refractivity contribution in [1.29, 1.82) is 0 Å². The highest BCUT2D eigenvalue weighted by atomic mass is 32.2. The maximum atomic E-state index is 12.0. The van der Waals surface area contributed by atoms with Gasteiger partial charge in [-0.05, 0) is 31.4 Å². The summed E-state index contributed by atoms with van der Waals surface area (Å²) in [5.41, 5.74) is 10.2. The van der Waals surface area contributed by atoms with Gasteiger partial charge in [0.1, 0.15) is 0 Å². The van der Waals surface area contributed by atoms with Gasteiger partial charge in [0.2, 0.25) is 5.91 Å². The number of amides is 3. The van der Waals surface area contributed by atoms with E-state index >= 15 is 0 Å². The molecule has 1 aromatic carbocycles. The molecule has 3 atom stereocenters. The first-order valence-corrected chi connectivity index (χ1v) is 11.4. The Kier molecular flexibility index (Phi) is 8.02. The van der Waals surface area contributed by atoms with Gasteiger partial charge in [0, 0.05) is 36.1 Å². The highest BCUT2D eigenvalue weighted by molar-refractivity contribution is 8.00. The third-order valence-corrected chi connectivity index (χ3v) is 7.03. The summed E-state index contributed by atoms with van der Waals surface area (Å²) in [7, 11) is 0. The number of carbonyl (C=O) groups excluding carboxylic acids is 2. The van der Waals surface area contributed by atoms with Crippen molar-refractivity contribution < 1.29 is 19.3 Å². The summed E-state index contributed by atoms with van der Waals surface area (Å²) in [6, 6.07) is 6.16. The van der Waals surface area contributed by atoms with E-state index < -0.39 is 4.92 Å². The molecule has 0 spiro atoms. The van der Waals surface area contributed by atoms with Crippen LogP contribution in [0.4, 0.5) is 10.5 Å². The number of carbonyl (C=O) groups is 2. The molecule has 2 heterocycles. The van der Waals surface area contributed by atoms with Crippen molar-refractivity contribution in [2.45, 2.75) is 55.9 Å². The Morgan fingerprint density at radius 3 is 2.71 bits per heavy atom. The molecular formula is C20H26N6O4S. The normalized spacial score (nSPS) is 21.5. The zero-order chi connectivity index (χ0) is 22.2. The van der Waals surface area contributed by atoms with Crippen LogP contribution >= 0.6 is 11.8 Å². The Balaban J connectivity index is 1.28. The molecule has 0 unspecified atom stereocenters. The van der Waals surface area contributed by atoms with Crippen LogP contribution in [0.2, 0.25) is 0 Å². The Hall–Kier alpha value is -2.91. The number of thioether (sulfide) groups is 1. The van der Waals surface area contributed by atoms with Crippen LogP contribution in [0, 0.1) is 10.1 Å². The average molecular weight is 447 g/mol. The first-order chi connectivity index (χ1) is 15.0. The smallest absolute Gasteiger partial charge is 0.315 e. The third kappa shape index (κ3) is 6.28. The Morgan fingerprint density at radius 2 is 2.00 bits per heavy atom. The zero-order valence-corrected chi connectivity index (χ0v) is 17.9. The minimum Gasteiger partial charge on any atom is -0.361 e. The van der Waals surface area contributed by atoms with Gasteiger partial charge in [-0.15, -0.1) is 0 Å². The van der Waals surface area contributed by atoms with Crippen molar-refractivity contribution in [3.63, 3.8) is 0 Å². The summed E-state index contributed by atoms with van der Waals surface area (Å²) in [5, 5.41) is 19.9. The largest absolute Gasteiger partial charge is 0.361 e. The van der Waals surface area contributed by atoms with Crippen LogP contribution in [-0.2, 0) is 4.79 Å². The standard InChI is InChI=1S/C20H26N6O4S/c21-25-15(13-7-9-14(10-8-13)26(29)30)4-3-11-22-18(27)6-2-1-5-17-19-16(12-31-17)23-20(28)24-19/h7-10,16-17,19H,1-6,11-12H2,(H,22,27)(H2,23,24,28)/t16-,17-,19-/m0/s1. The highest BCUT2D eigenvalue weighted by Crippen LogP contribution is 2.33. The molecule has 0 aliphatic carbocycles. The minimum absolute atomic E-state index is 0.00869. The number of hydrogen-bond acceptors (Lipinski definition) is 5. The van der Waals surface area contributed by atoms with Crippen molar-refractivity contribution in [3.8, 4) is 0 Å². The predicted molar refractivity (Wildman–Crippen MR) is 117 cm³/mol. The maximum Gasteiger partial charge on any atom is 0.315 e. The lowest BCUT2D eigenvalue weighted by Gasteiger charge is -2.16. The summed E-state index contributed by atoms with van der Waals surface area (Å²) in [4.78, 5) is 36.9. The molecule has 2 aliphatic rings. The number of nitro benzene ring substituents is 1. The molecule has 166 valence electrons.